The van der Waals surface area contributed by atoms with Crippen molar-refractivity contribution in [3.8, 4) is 5.75 Å². The summed E-state index contributed by atoms with van der Waals surface area (Å²) in [5, 5.41) is 3.46. The fourth-order valence-corrected chi connectivity index (χ4v) is 2.74. The minimum absolute atomic E-state index is 0.567. The van der Waals surface area contributed by atoms with Crippen LogP contribution in [0.25, 0.3) is 0 Å². The van der Waals surface area contributed by atoms with Crippen LogP contribution < -0.4 is 10.1 Å². The van der Waals surface area contributed by atoms with Crippen LogP contribution in [0.15, 0.2) is 22.7 Å². The molecule has 0 bridgehead atoms. The summed E-state index contributed by atoms with van der Waals surface area (Å²) in [6.07, 6.45) is 0. The molecule has 0 spiro atoms. The first kappa shape index (κ1) is 12.9. The van der Waals surface area contributed by atoms with Crippen molar-refractivity contribution < 1.29 is 4.74 Å². The Kier molecular flexibility index (Phi) is 4.42. The Morgan fingerprint density at radius 1 is 1.53 bits per heavy atom. The first-order chi connectivity index (χ1) is 8.20. The maximum absolute atomic E-state index is 5.42. The highest BCUT2D eigenvalue weighted by Crippen LogP contribution is 2.28. The molecule has 17 heavy (non-hydrogen) atoms. The zero-order valence-corrected chi connectivity index (χ0v) is 12.0. The van der Waals surface area contributed by atoms with Gasteiger partial charge in [0, 0.05) is 42.3 Å². The first-order valence-electron chi connectivity index (χ1n) is 5.98. The molecule has 0 aromatic heterocycles. The summed E-state index contributed by atoms with van der Waals surface area (Å²) in [4.78, 5) is 2.46. The molecule has 1 heterocycles. The van der Waals surface area contributed by atoms with Gasteiger partial charge in [-0.15, -0.1) is 0 Å². The van der Waals surface area contributed by atoms with Crippen molar-refractivity contribution in [3.05, 3.63) is 28.2 Å². The van der Waals surface area contributed by atoms with Crippen molar-refractivity contribution in [2.45, 2.75) is 19.5 Å². The van der Waals surface area contributed by atoms with Crippen LogP contribution in [0.5, 0.6) is 5.75 Å². The summed E-state index contributed by atoms with van der Waals surface area (Å²) < 4.78 is 6.55. The zero-order chi connectivity index (χ0) is 12.3. The van der Waals surface area contributed by atoms with Gasteiger partial charge in [-0.1, -0.05) is 22.0 Å². The van der Waals surface area contributed by atoms with E-state index in [1.807, 2.05) is 12.1 Å². The van der Waals surface area contributed by atoms with Gasteiger partial charge in [-0.25, -0.2) is 0 Å². The molecule has 1 N–H and O–H groups in total. The van der Waals surface area contributed by atoms with Crippen molar-refractivity contribution in [1.29, 1.82) is 0 Å². The fraction of sp³-hybridized carbons (Fsp3) is 0.538. The standard InChI is InChI=1S/C13H19BrN2O/c1-10-8-16(7-6-15-10)9-11-12(14)4-3-5-13(11)17-2/h3-5,10,15H,6-9H2,1-2H3/t10-/m1/s1. The van der Waals surface area contributed by atoms with Gasteiger partial charge in [0.15, 0.2) is 0 Å². The van der Waals surface area contributed by atoms with Crippen molar-refractivity contribution in [2.75, 3.05) is 26.7 Å². The monoisotopic (exact) mass is 298 g/mol. The Morgan fingerprint density at radius 2 is 2.35 bits per heavy atom. The largest absolute Gasteiger partial charge is 0.496 e. The Balaban J connectivity index is 2.12. The first-order valence-corrected chi connectivity index (χ1v) is 6.77. The lowest BCUT2D eigenvalue weighted by atomic mass is 10.1. The summed E-state index contributed by atoms with van der Waals surface area (Å²) in [5.74, 6) is 0.963. The minimum atomic E-state index is 0.567. The number of nitrogens with one attached hydrogen (secondary N) is 1. The molecule has 1 aromatic carbocycles. The molecule has 1 aromatic rings. The van der Waals surface area contributed by atoms with Gasteiger partial charge in [0.2, 0.25) is 0 Å². The predicted octanol–water partition coefficient (Wildman–Crippen LogP) is 2.25. The molecule has 0 saturated carbocycles. The summed E-state index contributed by atoms with van der Waals surface area (Å²) in [7, 11) is 1.73. The number of methoxy groups -OCH3 is 1. The van der Waals surface area contributed by atoms with E-state index in [2.05, 4.69) is 39.1 Å². The second kappa shape index (κ2) is 5.85. The number of piperazine rings is 1. The number of nitrogens with zero attached hydrogens (tertiary/aromatic N) is 1. The van der Waals surface area contributed by atoms with E-state index in [4.69, 9.17) is 4.74 Å². The van der Waals surface area contributed by atoms with Crippen LogP contribution in [-0.4, -0.2) is 37.7 Å². The van der Waals surface area contributed by atoms with Crippen LogP contribution in [0.1, 0.15) is 12.5 Å². The number of rotatable bonds is 3. The number of halogens is 1. The second-order valence-corrected chi connectivity index (χ2v) is 5.37. The van der Waals surface area contributed by atoms with Gasteiger partial charge in [-0.05, 0) is 19.1 Å². The lowest BCUT2D eigenvalue weighted by Crippen LogP contribution is -2.48. The van der Waals surface area contributed by atoms with E-state index in [1.165, 1.54) is 5.56 Å². The van der Waals surface area contributed by atoms with Gasteiger partial charge >= 0.3 is 0 Å². The van der Waals surface area contributed by atoms with Crippen LogP contribution in [-0.2, 0) is 6.54 Å². The smallest absolute Gasteiger partial charge is 0.124 e. The van der Waals surface area contributed by atoms with Gasteiger partial charge in [0.25, 0.3) is 0 Å². The van der Waals surface area contributed by atoms with Crippen molar-refractivity contribution in [2.24, 2.45) is 0 Å². The second-order valence-electron chi connectivity index (χ2n) is 4.51. The minimum Gasteiger partial charge on any atom is -0.496 e. The maximum atomic E-state index is 5.42. The van der Waals surface area contributed by atoms with Crippen LogP contribution in [0.4, 0.5) is 0 Å². The predicted molar refractivity (Wildman–Crippen MR) is 73.4 cm³/mol. The molecule has 0 amide bonds. The molecule has 1 aliphatic rings. The summed E-state index contributed by atoms with van der Waals surface area (Å²) in [6, 6.07) is 6.67. The normalized spacial score (nSPS) is 21.5. The van der Waals surface area contributed by atoms with Gasteiger partial charge in [0.1, 0.15) is 5.75 Å². The topological polar surface area (TPSA) is 24.5 Å². The van der Waals surface area contributed by atoms with Gasteiger partial charge < -0.3 is 10.1 Å². The molecule has 3 nitrogen and oxygen atoms in total. The molecule has 0 radical (unpaired) electrons. The molecule has 2 rings (SSSR count). The van der Waals surface area contributed by atoms with Crippen molar-refractivity contribution in [3.63, 3.8) is 0 Å². The van der Waals surface area contributed by atoms with E-state index in [-0.39, 0.29) is 0 Å². The molecule has 1 atom stereocenters. The van der Waals surface area contributed by atoms with E-state index < -0.39 is 0 Å². The number of benzene rings is 1. The van der Waals surface area contributed by atoms with E-state index in [9.17, 15) is 0 Å². The third-order valence-electron chi connectivity index (χ3n) is 3.13. The average molecular weight is 299 g/mol. The highest BCUT2D eigenvalue weighted by Gasteiger charge is 2.18. The van der Waals surface area contributed by atoms with E-state index in [0.29, 0.717) is 6.04 Å². The lowest BCUT2D eigenvalue weighted by Gasteiger charge is -2.32. The molecule has 1 fully saturated rings. The third kappa shape index (κ3) is 3.21. The zero-order valence-electron chi connectivity index (χ0n) is 10.4. The average Bonchev–Trinajstić information content (AvgIpc) is 2.32. The maximum Gasteiger partial charge on any atom is 0.124 e. The summed E-state index contributed by atoms with van der Waals surface area (Å²) in [5.41, 5.74) is 1.24. The summed E-state index contributed by atoms with van der Waals surface area (Å²) in [6.45, 7) is 6.41. The molecule has 1 aliphatic heterocycles. The van der Waals surface area contributed by atoms with E-state index in [1.54, 1.807) is 7.11 Å². The Morgan fingerprint density at radius 3 is 3.06 bits per heavy atom. The van der Waals surface area contributed by atoms with Crippen molar-refractivity contribution >= 4 is 15.9 Å². The summed E-state index contributed by atoms with van der Waals surface area (Å²) >= 11 is 3.61. The van der Waals surface area contributed by atoms with E-state index >= 15 is 0 Å². The Bertz CT molecular complexity index is 384. The highest BCUT2D eigenvalue weighted by molar-refractivity contribution is 9.10. The van der Waals surface area contributed by atoms with E-state index in [0.717, 1.165) is 36.4 Å². The van der Waals surface area contributed by atoms with Crippen molar-refractivity contribution in [1.82, 2.24) is 10.2 Å². The number of hydrogen-bond donors (Lipinski definition) is 1. The molecular formula is C13H19BrN2O. The molecule has 0 unspecified atom stereocenters. The molecular weight excluding hydrogens is 280 g/mol. The van der Waals surface area contributed by atoms with Crippen LogP contribution >= 0.6 is 15.9 Å². The number of hydrogen-bond acceptors (Lipinski definition) is 3. The molecule has 1 saturated heterocycles. The highest BCUT2D eigenvalue weighted by atomic mass is 79.9. The van der Waals surface area contributed by atoms with Crippen LogP contribution in [0.2, 0.25) is 0 Å². The molecule has 94 valence electrons. The molecule has 0 aliphatic carbocycles. The van der Waals surface area contributed by atoms with Crippen LogP contribution in [0, 0.1) is 0 Å². The van der Waals surface area contributed by atoms with Gasteiger partial charge in [-0.3, -0.25) is 4.90 Å². The fourth-order valence-electron chi connectivity index (χ4n) is 2.26. The van der Waals surface area contributed by atoms with Gasteiger partial charge in [0.05, 0.1) is 7.11 Å². The van der Waals surface area contributed by atoms with Gasteiger partial charge in [-0.2, -0.15) is 0 Å². The molecule has 4 heteroatoms. The Hall–Kier alpha value is -0.580. The lowest BCUT2D eigenvalue weighted by molar-refractivity contribution is 0.197. The number of ether oxygens (including phenoxy) is 1. The third-order valence-corrected chi connectivity index (χ3v) is 3.87. The SMILES string of the molecule is COc1cccc(Br)c1CN1CCN[C@H](C)C1. The Labute approximate surface area is 111 Å². The van der Waals surface area contributed by atoms with Crippen LogP contribution in [0.3, 0.4) is 0 Å². The quantitative estimate of drug-likeness (QED) is 0.926.